The van der Waals surface area contributed by atoms with Crippen molar-refractivity contribution in [2.75, 3.05) is 7.05 Å². The van der Waals surface area contributed by atoms with E-state index in [0.29, 0.717) is 18.8 Å². The third kappa shape index (κ3) is 3.40. The average Bonchev–Trinajstić information content (AvgIpc) is 2.85. The molecule has 2 aromatic rings. The first-order valence-electron chi connectivity index (χ1n) is 5.48. The van der Waals surface area contributed by atoms with Gasteiger partial charge in [0.15, 0.2) is 0 Å². The minimum absolute atomic E-state index is 0.0497. The van der Waals surface area contributed by atoms with Crippen LogP contribution < -0.4 is 0 Å². The minimum atomic E-state index is 0.0497. The summed E-state index contributed by atoms with van der Waals surface area (Å²) in [5.74, 6) is 0.732. The molecule has 1 heterocycles. The molecule has 0 bridgehead atoms. The van der Waals surface area contributed by atoms with Crippen LogP contribution in [0.3, 0.4) is 0 Å². The highest BCUT2D eigenvalue weighted by molar-refractivity contribution is 9.10. The highest BCUT2D eigenvalue weighted by Crippen LogP contribution is 2.11. The molecule has 0 radical (unpaired) electrons. The highest BCUT2D eigenvalue weighted by atomic mass is 79.9. The first-order valence-corrected chi connectivity index (χ1v) is 6.27. The number of aromatic nitrogens is 3. The summed E-state index contributed by atoms with van der Waals surface area (Å²) in [5, 5.41) is 6.48. The van der Waals surface area contributed by atoms with E-state index in [1.165, 1.54) is 6.33 Å². The van der Waals surface area contributed by atoms with Crippen LogP contribution in [-0.2, 0) is 17.8 Å². The SMILES string of the molecule is CN(Cc1ncn[nH]1)C(=O)Cc1ccc(Br)cc1. The topological polar surface area (TPSA) is 61.9 Å². The Kier molecular flexibility index (Phi) is 4.09. The van der Waals surface area contributed by atoms with Gasteiger partial charge in [0.05, 0.1) is 13.0 Å². The van der Waals surface area contributed by atoms with Crippen LogP contribution >= 0.6 is 15.9 Å². The molecule has 94 valence electrons. The van der Waals surface area contributed by atoms with E-state index in [2.05, 4.69) is 31.1 Å². The van der Waals surface area contributed by atoms with Crippen LogP contribution in [0.5, 0.6) is 0 Å². The molecule has 0 fully saturated rings. The van der Waals surface area contributed by atoms with E-state index in [4.69, 9.17) is 0 Å². The molecule has 0 atom stereocenters. The predicted molar refractivity (Wildman–Crippen MR) is 70.7 cm³/mol. The molecule has 0 aliphatic carbocycles. The van der Waals surface area contributed by atoms with Crippen LogP contribution in [0.1, 0.15) is 11.4 Å². The third-order valence-corrected chi connectivity index (χ3v) is 3.07. The van der Waals surface area contributed by atoms with Crippen molar-refractivity contribution < 1.29 is 4.79 Å². The number of likely N-dealkylation sites (N-methyl/N-ethyl adjacent to an activating group) is 1. The number of nitrogens with one attached hydrogen (secondary N) is 1. The molecule has 0 saturated carbocycles. The van der Waals surface area contributed by atoms with Gasteiger partial charge in [0.1, 0.15) is 12.2 Å². The van der Waals surface area contributed by atoms with Crippen LogP contribution in [0, 0.1) is 0 Å². The summed E-state index contributed by atoms with van der Waals surface area (Å²) in [6, 6.07) is 7.73. The van der Waals surface area contributed by atoms with Crippen LogP contribution in [0.2, 0.25) is 0 Å². The molecule has 0 aliphatic heterocycles. The Hall–Kier alpha value is -1.69. The fourth-order valence-electron chi connectivity index (χ4n) is 1.53. The normalized spacial score (nSPS) is 10.3. The molecule has 2 rings (SSSR count). The van der Waals surface area contributed by atoms with Crippen LogP contribution in [-0.4, -0.2) is 33.0 Å². The monoisotopic (exact) mass is 308 g/mol. The van der Waals surface area contributed by atoms with Gasteiger partial charge >= 0.3 is 0 Å². The van der Waals surface area contributed by atoms with Gasteiger partial charge in [-0.3, -0.25) is 9.89 Å². The van der Waals surface area contributed by atoms with Gasteiger partial charge in [0.25, 0.3) is 0 Å². The number of aromatic amines is 1. The van der Waals surface area contributed by atoms with Gasteiger partial charge in [-0.15, -0.1) is 0 Å². The van der Waals surface area contributed by atoms with Crippen molar-refractivity contribution in [1.29, 1.82) is 0 Å². The summed E-state index contributed by atoms with van der Waals surface area (Å²) in [6.45, 7) is 0.440. The molecule has 0 aliphatic rings. The van der Waals surface area contributed by atoms with Crippen molar-refractivity contribution in [2.45, 2.75) is 13.0 Å². The smallest absolute Gasteiger partial charge is 0.227 e. The fraction of sp³-hybridized carbons (Fsp3) is 0.250. The summed E-state index contributed by atoms with van der Waals surface area (Å²) in [7, 11) is 1.75. The second-order valence-electron chi connectivity index (χ2n) is 3.99. The van der Waals surface area contributed by atoms with E-state index in [0.717, 1.165) is 10.0 Å². The largest absolute Gasteiger partial charge is 0.338 e. The van der Waals surface area contributed by atoms with Crippen LogP contribution in [0.15, 0.2) is 35.1 Å². The lowest BCUT2D eigenvalue weighted by molar-refractivity contribution is -0.129. The number of halogens is 1. The molecule has 1 amide bonds. The quantitative estimate of drug-likeness (QED) is 0.936. The maximum atomic E-state index is 12.0. The summed E-state index contributed by atoms with van der Waals surface area (Å²) in [6.07, 6.45) is 1.82. The molecule has 5 nitrogen and oxygen atoms in total. The van der Waals surface area contributed by atoms with Gasteiger partial charge in [0, 0.05) is 11.5 Å². The van der Waals surface area contributed by atoms with Crippen molar-refractivity contribution in [2.24, 2.45) is 0 Å². The summed E-state index contributed by atoms with van der Waals surface area (Å²) < 4.78 is 1.01. The molecule has 0 spiro atoms. The molecule has 1 aromatic heterocycles. The summed E-state index contributed by atoms with van der Waals surface area (Å²) >= 11 is 3.37. The molecular formula is C12H13BrN4O. The van der Waals surface area contributed by atoms with Crippen molar-refractivity contribution in [3.05, 3.63) is 46.5 Å². The van der Waals surface area contributed by atoms with Crippen molar-refractivity contribution in [1.82, 2.24) is 20.1 Å². The Labute approximate surface area is 113 Å². The zero-order valence-corrected chi connectivity index (χ0v) is 11.5. The second kappa shape index (κ2) is 5.77. The maximum Gasteiger partial charge on any atom is 0.227 e. The number of hydrogen-bond donors (Lipinski definition) is 1. The number of H-pyrrole nitrogens is 1. The first-order chi connectivity index (χ1) is 8.65. The van der Waals surface area contributed by atoms with E-state index < -0.39 is 0 Å². The number of carbonyl (C=O) groups is 1. The molecular weight excluding hydrogens is 296 g/mol. The van der Waals surface area contributed by atoms with Gasteiger partial charge in [-0.25, -0.2) is 4.98 Å². The average molecular weight is 309 g/mol. The van der Waals surface area contributed by atoms with Gasteiger partial charge in [0.2, 0.25) is 5.91 Å². The number of benzene rings is 1. The van der Waals surface area contributed by atoms with E-state index in [-0.39, 0.29) is 5.91 Å². The summed E-state index contributed by atoms with van der Waals surface area (Å²) in [5.41, 5.74) is 0.993. The van der Waals surface area contributed by atoms with E-state index in [1.807, 2.05) is 24.3 Å². The Morgan fingerprint density at radius 3 is 2.72 bits per heavy atom. The van der Waals surface area contributed by atoms with Crippen molar-refractivity contribution in [3.8, 4) is 0 Å². The number of hydrogen-bond acceptors (Lipinski definition) is 3. The standard InChI is InChI=1S/C12H13BrN4O/c1-17(7-11-14-8-15-16-11)12(18)6-9-2-4-10(13)5-3-9/h2-5,8H,6-7H2,1H3,(H,14,15,16). The Morgan fingerprint density at radius 1 is 1.39 bits per heavy atom. The van der Waals surface area contributed by atoms with E-state index in [9.17, 15) is 4.79 Å². The Balaban J connectivity index is 1.93. The molecule has 1 aromatic carbocycles. The number of rotatable bonds is 4. The van der Waals surface area contributed by atoms with Gasteiger partial charge < -0.3 is 4.90 Å². The van der Waals surface area contributed by atoms with Gasteiger partial charge in [-0.1, -0.05) is 28.1 Å². The summed E-state index contributed by atoms with van der Waals surface area (Å²) in [4.78, 5) is 17.6. The number of nitrogens with zero attached hydrogens (tertiary/aromatic N) is 3. The zero-order chi connectivity index (χ0) is 13.0. The minimum Gasteiger partial charge on any atom is -0.338 e. The fourth-order valence-corrected chi connectivity index (χ4v) is 1.80. The van der Waals surface area contributed by atoms with Crippen molar-refractivity contribution >= 4 is 21.8 Å². The molecule has 0 saturated heterocycles. The van der Waals surface area contributed by atoms with Crippen molar-refractivity contribution in [3.63, 3.8) is 0 Å². The lowest BCUT2D eigenvalue weighted by Crippen LogP contribution is -2.28. The zero-order valence-electron chi connectivity index (χ0n) is 9.93. The van der Waals surface area contributed by atoms with Crippen LogP contribution in [0.4, 0.5) is 0 Å². The van der Waals surface area contributed by atoms with Gasteiger partial charge in [-0.2, -0.15) is 5.10 Å². The molecule has 1 N–H and O–H groups in total. The third-order valence-electron chi connectivity index (χ3n) is 2.55. The number of carbonyl (C=O) groups excluding carboxylic acids is 1. The first kappa shape index (κ1) is 12.8. The molecule has 18 heavy (non-hydrogen) atoms. The van der Waals surface area contributed by atoms with Crippen LogP contribution in [0.25, 0.3) is 0 Å². The van der Waals surface area contributed by atoms with E-state index in [1.54, 1.807) is 11.9 Å². The maximum absolute atomic E-state index is 12.0. The second-order valence-corrected chi connectivity index (χ2v) is 4.90. The lowest BCUT2D eigenvalue weighted by atomic mass is 10.1. The molecule has 6 heteroatoms. The Morgan fingerprint density at radius 2 is 2.11 bits per heavy atom. The van der Waals surface area contributed by atoms with Gasteiger partial charge in [-0.05, 0) is 17.7 Å². The van der Waals surface area contributed by atoms with E-state index >= 15 is 0 Å². The number of amides is 1. The molecule has 0 unspecified atom stereocenters. The predicted octanol–water partition coefficient (Wildman–Crippen LogP) is 1.77. The highest BCUT2D eigenvalue weighted by Gasteiger charge is 2.11. The Bertz CT molecular complexity index is 509. The lowest BCUT2D eigenvalue weighted by Gasteiger charge is -2.15.